The van der Waals surface area contributed by atoms with Crippen molar-refractivity contribution in [3.63, 3.8) is 0 Å². The summed E-state index contributed by atoms with van der Waals surface area (Å²) in [7, 11) is 1.00. The topological polar surface area (TPSA) is 145 Å². The Balaban J connectivity index is 0.000000307. The van der Waals surface area contributed by atoms with Crippen LogP contribution >= 0.6 is 0 Å². The van der Waals surface area contributed by atoms with Gasteiger partial charge in [-0.25, -0.2) is 0 Å². The normalized spacial score (nSPS) is 21.5. The van der Waals surface area contributed by atoms with Gasteiger partial charge in [0.2, 0.25) is 0 Å². The molecule has 0 bridgehead atoms. The second kappa shape index (κ2) is 15.8. The summed E-state index contributed by atoms with van der Waals surface area (Å²) in [6.45, 7) is 4.79. The summed E-state index contributed by atoms with van der Waals surface area (Å²) in [6, 6.07) is 4.78. The maximum absolute atomic E-state index is 10.6. The Kier molecular flexibility index (Phi) is 13.9. The van der Waals surface area contributed by atoms with E-state index in [-0.39, 0.29) is 24.4 Å². The van der Waals surface area contributed by atoms with Gasteiger partial charge in [-0.1, -0.05) is 32.1 Å². The molecule has 184 valence electrons. The quantitative estimate of drug-likeness (QED) is 0.240. The fourth-order valence-corrected chi connectivity index (χ4v) is 4.43. The van der Waals surface area contributed by atoms with E-state index in [9.17, 15) is 20.3 Å². The summed E-state index contributed by atoms with van der Waals surface area (Å²) >= 11 is 0. The first-order chi connectivity index (χ1) is 15.4. The minimum atomic E-state index is -0.450. The zero-order valence-electron chi connectivity index (χ0n) is 19.6. The van der Waals surface area contributed by atoms with Crippen LogP contribution in [0.2, 0.25) is 0 Å². The van der Waals surface area contributed by atoms with Crippen molar-refractivity contribution in [1.82, 2.24) is 4.90 Å². The molecular weight excluding hydrogens is 412 g/mol. The molecule has 3 rings (SSSR count). The van der Waals surface area contributed by atoms with E-state index < -0.39 is 4.92 Å². The minimum absolute atomic E-state index is 0.0156. The van der Waals surface area contributed by atoms with Crippen LogP contribution in [-0.4, -0.2) is 70.6 Å². The molecule has 6 N–H and O–H groups in total. The average molecular weight is 455 g/mol. The van der Waals surface area contributed by atoms with Crippen molar-refractivity contribution >= 4 is 17.1 Å². The molecule has 2 aliphatic rings. The van der Waals surface area contributed by atoms with Gasteiger partial charge >= 0.3 is 0 Å². The monoisotopic (exact) mass is 454 g/mol. The fraction of sp³-hybridized carbons (Fsp3) is 0.739. The number of benzene rings is 1. The highest BCUT2D eigenvalue weighted by Crippen LogP contribution is 2.28. The summed E-state index contributed by atoms with van der Waals surface area (Å²) in [5, 5.41) is 39.4. The summed E-state index contributed by atoms with van der Waals surface area (Å²) in [5.41, 5.74) is 6.34. The lowest BCUT2D eigenvalue weighted by atomic mass is 9.86. The lowest BCUT2D eigenvalue weighted by Gasteiger charge is -2.37. The molecule has 1 heterocycles. The second-order valence-corrected chi connectivity index (χ2v) is 8.41. The Morgan fingerprint density at radius 2 is 1.91 bits per heavy atom. The Morgan fingerprint density at radius 1 is 1.22 bits per heavy atom. The van der Waals surface area contributed by atoms with Gasteiger partial charge in [0, 0.05) is 38.0 Å². The van der Waals surface area contributed by atoms with Gasteiger partial charge in [-0.15, -0.1) is 0 Å². The smallest absolute Gasteiger partial charge is 0.294 e. The van der Waals surface area contributed by atoms with Crippen molar-refractivity contribution in [3.8, 4) is 0 Å². The highest BCUT2D eigenvalue weighted by atomic mass is 16.6. The third-order valence-corrected chi connectivity index (χ3v) is 6.16. The molecule has 2 fully saturated rings. The summed E-state index contributed by atoms with van der Waals surface area (Å²) in [6.07, 6.45) is 9.76. The zero-order chi connectivity index (χ0) is 23.9. The predicted molar refractivity (Wildman–Crippen MR) is 129 cm³/mol. The summed E-state index contributed by atoms with van der Waals surface area (Å²) in [4.78, 5) is 12.5. The maximum Gasteiger partial charge on any atom is 0.294 e. The van der Waals surface area contributed by atoms with Crippen LogP contribution in [0.1, 0.15) is 58.3 Å². The van der Waals surface area contributed by atoms with E-state index in [0.29, 0.717) is 17.9 Å². The highest BCUT2D eigenvalue weighted by Gasteiger charge is 2.27. The predicted octanol–water partition coefficient (Wildman–Crippen LogP) is 2.99. The Labute approximate surface area is 191 Å². The lowest BCUT2D eigenvalue weighted by molar-refractivity contribution is -0.383. The molecule has 1 aromatic carbocycles. The van der Waals surface area contributed by atoms with E-state index in [1.54, 1.807) is 12.1 Å². The number of anilines is 2. The first-order valence-corrected chi connectivity index (χ1v) is 11.7. The van der Waals surface area contributed by atoms with E-state index in [2.05, 4.69) is 10.2 Å². The van der Waals surface area contributed by atoms with Gasteiger partial charge in [0.1, 0.15) is 5.69 Å². The number of nitrogens with one attached hydrogen (secondary N) is 1. The molecule has 9 nitrogen and oxygen atoms in total. The largest absolute Gasteiger partial charge is 0.400 e. The number of nitrogens with zero attached hydrogens (tertiary/aromatic N) is 2. The number of nitrogens with two attached hydrogens (primary N) is 1. The van der Waals surface area contributed by atoms with Crippen molar-refractivity contribution in [2.45, 2.75) is 70.4 Å². The minimum Gasteiger partial charge on any atom is -0.400 e. The maximum atomic E-state index is 10.6. The summed E-state index contributed by atoms with van der Waals surface area (Å²) < 4.78 is 0. The lowest BCUT2D eigenvalue weighted by Crippen LogP contribution is -2.46. The van der Waals surface area contributed by atoms with Crippen LogP contribution in [0.3, 0.4) is 0 Å². The number of hydrogen-bond acceptors (Lipinski definition) is 8. The molecule has 0 spiro atoms. The van der Waals surface area contributed by atoms with E-state index in [1.807, 2.05) is 6.92 Å². The van der Waals surface area contributed by atoms with Crippen LogP contribution < -0.4 is 11.1 Å². The molecule has 0 amide bonds. The van der Waals surface area contributed by atoms with Gasteiger partial charge in [0.05, 0.1) is 17.6 Å². The van der Waals surface area contributed by atoms with Crippen molar-refractivity contribution in [2.75, 3.05) is 44.4 Å². The van der Waals surface area contributed by atoms with E-state index in [0.717, 1.165) is 39.0 Å². The van der Waals surface area contributed by atoms with Gasteiger partial charge in [0.15, 0.2) is 0 Å². The number of nitro groups is 1. The van der Waals surface area contributed by atoms with Crippen molar-refractivity contribution in [1.29, 1.82) is 0 Å². The van der Waals surface area contributed by atoms with Crippen molar-refractivity contribution in [2.24, 2.45) is 5.92 Å². The number of aliphatic hydroxyl groups is 3. The Hall–Kier alpha value is -1.94. The first-order valence-electron chi connectivity index (χ1n) is 11.7. The van der Waals surface area contributed by atoms with Gasteiger partial charge in [-0.3, -0.25) is 15.0 Å². The number of nitrogen functional groups attached to an aromatic ring is 1. The standard InChI is InChI=1S/C14H27NO2.C8H11N3O2.CH4O/c16-11-13-10-14(17)7-9-15(13)8-6-12-4-2-1-3-5-12;1-2-10-7-4-3-6(9)5-8(7)11(12)13;1-2/h12-14,16-17H,1-11H2;3-5,10H,2,9H2,1H3;2H,1H3. The molecular formula is C23H42N4O5. The van der Waals surface area contributed by atoms with E-state index in [4.69, 9.17) is 10.8 Å². The number of rotatable bonds is 7. The van der Waals surface area contributed by atoms with Gasteiger partial charge < -0.3 is 26.4 Å². The van der Waals surface area contributed by atoms with Crippen molar-refractivity contribution < 1.29 is 20.2 Å². The average Bonchev–Trinajstić information content (AvgIpc) is 2.81. The molecule has 2 atom stereocenters. The van der Waals surface area contributed by atoms with Crippen LogP contribution in [-0.2, 0) is 0 Å². The number of piperidine rings is 1. The number of hydrogen-bond donors (Lipinski definition) is 5. The van der Waals surface area contributed by atoms with E-state index in [1.165, 1.54) is 44.6 Å². The van der Waals surface area contributed by atoms with Crippen LogP contribution in [0.15, 0.2) is 18.2 Å². The molecule has 1 saturated heterocycles. The third-order valence-electron chi connectivity index (χ3n) is 6.16. The molecule has 0 aromatic heterocycles. The van der Waals surface area contributed by atoms with Crippen LogP contribution in [0.25, 0.3) is 0 Å². The number of nitro benzene ring substituents is 1. The fourth-order valence-electron chi connectivity index (χ4n) is 4.43. The Bertz CT molecular complexity index is 655. The second-order valence-electron chi connectivity index (χ2n) is 8.41. The molecule has 1 aliphatic heterocycles. The molecule has 9 heteroatoms. The van der Waals surface area contributed by atoms with Crippen LogP contribution in [0, 0.1) is 16.0 Å². The molecule has 1 aliphatic carbocycles. The Morgan fingerprint density at radius 3 is 2.50 bits per heavy atom. The van der Waals surface area contributed by atoms with Crippen LogP contribution in [0.4, 0.5) is 17.1 Å². The van der Waals surface area contributed by atoms with Gasteiger partial charge in [0.25, 0.3) is 5.69 Å². The number of likely N-dealkylation sites (tertiary alicyclic amines) is 1. The van der Waals surface area contributed by atoms with Crippen molar-refractivity contribution in [3.05, 3.63) is 28.3 Å². The summed E-state index contributed by atoms with van der Waals surface area (Å²) in [5.74, 6) is 0.912. The van der Waals surface area contributed by atoms with Gasteiger partial charge in [-0.2, -0.15) is 0 Å². The highest BCUT2D eigenvalue weighted by molar-refractivity contribution is 5.66. The zero-order valence-corrected chi connectivity index (χ0v) is 19.6. The SMILES string of the molecule is CCNc1ccc(N)cc1[N+](=O)[O-].CO.OCC1CC(O)CCN1CCC1CCCCC1. The molecule has 0 radical (unpaired) electrons. The third kappa shape index (κ3) is 9.68. The molecule has 2 unspecified atom stereocenters. The van der Waals surface area contributed by atoms with Crippen LogP contribution in [0.5, 0.6) is 0 Å². The first kappa shape index (κ1) is 28.1. The van der Waals surface area contributed by atoms with Gasteiger partial charge in [-0.05, 0) is 50.8 Å². The van der Waals surface area contributed by atoms with E-state index >= 15 is 0 Å². The molecule has 1 aromatic rings. The molecule has 32 heavy (non-hydrogen) atoms. The number of aliphatic hydroxyl groups excluding tert-OH is 3. The molecule has 1 saturated carbocycles.